The molecular weight excluding hydrogens is 140 g/mol. The van der Waals surface area contributed by atoms with E-state index in [4.69, 9.17) is 10.5 Å². The molecule has 3 nitrogen and oxygen atoms in total. The van der Waals surface area contributed by atoms with Gasteiger partial charge in [0.1, 0.15) is 0 Å². The van der Waals surface area contributed by atoms with Gasteiger partial charge >= 0.3 is 0 Å². The number of rotatable bonds is 0. The Balaban J connectivity index is 2.49. The predicted molar refractivity (Wildman–Crippen MR) is 42.0 cm³/mol. The largest absolute Gasteiger partial charge is 0.397 e. The van der Waals surface area contributed by atoms with Crippen LogP contribution < -0.4 is 5.73 Å². The van der Waals surface area contributed by atoms with E-state index >= 15 is 0 Å². The SMILES string of the molecule is Nc1cncc2c1COCC2. The van der Waals surface area contributed by atoms with E-state index in [0.717, 1.165) is 24.3 Å². The Morgan fingerprint density at radius 3 is 3.18 bits per heavy atom. The van der Waals surface area contributed by atoms with Crippen LogP contribution in [0.1, 0.15) is 11.1 Å². The van der Waals surface area contributed by atoms with E-state index in [1.165, 1.54) is 5.56 Å². The molecule has 0 spiro atoms. The van der Waals surface area contributed by atoms with Gasteiger partial charge in [-0.2, -0.15) is 0 Å². The molecule has 0 aromatic carbocycles. The van der Waals surface area contributed by atoms with Crippen molar-refractivity contribution < 1.29 is 4.74 Å². The lowest BCUT2D eigenvalue weighted by Gasteiger charge is -2.16. The number of ether oxygens (including phenoxy) is 1. The molecule has 0 bridgehead atoms. The van der Waals surface area contributed by atoms with Crippen molar-refractivity contribution >= 4 is 5.69 Å². The summed E-state index contributed by atoms with van der Waals surface area (Å²) in [5.74, 6) is 0. The molecule has 0 atom stereocenters. The molecule has 0 saturated carbocycles. The standard InChI is InChI=1S/C8H10N2O/c9-8-4-10-3-6-1-2-11-5-7(6)8/h3-4H,1-2,5,9H2. The average Bonchev–Trinajstić information content (AvgIpc) is 2.06. The van der Waals surface area contributed by atoms with Gasteiger partial charge in [0.2, 0.25) is 0 Å². The number of fused-ring (bicyclic) bond motifs is 1. The van der Waals surface area contributed by atoms with Gasteiger partial charge in [0.05, 0.1) is 25.1 Å². The molecule has 0 amide bonds. The van der Waals surface area contributed by atoms with Crippen LogP contribution in [0.15, 0.2) is 12.4 Å². The minimum absolute atomic E-state index is 0.643. The van der Waals surface area contributed by atoms with Gasteiger partial charge in [-0.15, -0.1) is 0 Å². The lowest BCUT2D eigenvalue weighted by Crippen LogP contribution is -2.12. The molecule has 3 heteroatoms. The van der Waals surface area contributed by atoms with Crippen LogP contribution in [-0.2, 0) is 17.8 Å². The van der Waals surface area contributed by atoms with Crippen molar-refractivity contribution in [2.45, 2.75) is 13.0 Å². The molecule has 1 aliphatic heterocycles. The Morgan fingerprint density at radius 2 is 2.36 bits per heavy atom. The summed E-state index contributed by atoms with van der Waals surface area (Å²) in [5.41, 5.74) is 8.80. The van der Waals surface area contributed by atoms with Crippen molar-refractivity contribution in [1.82, 2.24) is 4.98 Å². The third-order valence-electron chi connectivity index (χ3n) is 1.94. The highest BCUT2D eigenvalue weighted by Gasteiger charge is 2.11. The molecule has 58 valence electrons. The van der Waals surface area contributed by atoms with Crippen LogP contribution in [0.4, 0.5) is 5.69 Å². The van der Waals surface area contributed by atoms with Gasteiger partial charge in [-0.05, 0) is 12.0 Å². The van der Waals surface area contributed by atoms with Crippen LogP contribution in [0.2, 0.25) is 0 Å². The Morgan fingerprint density at radius 1 is 1.45 bits per heavy atom. The topological polar surface area (TPSA) is 48.1 Å². The summed E-state index contributed by atoms with van der Waals surface area (Å²) in [7, 11) is 0. The van der Waals surface area contributed by atoms with Gasteiger partial charge < -0.3 is 10.5 Å². The van der Waals surface area contributed by atoms with E-state index in [9.17, 15) is 0 Å². The van der Waals surface area contributed by atoms with Gasteiger partial charge in [0.25, 0.3) is 0 Å². The fraction of sp³-hybridized carbons (Fsp3) is 0.375. The molecule has 2 N–H and O–H groups in total. The fourth-order valence-corrected chi connectivity index (χ4v) is 1.30. The maximum Gasteiger partial charge on any atom is 0.0740 e. The molecule has 1 aromatic rings. The van der Waals surface area contributed by atoms with Crippen molar-refractivity contribution in [1.29, 1.82) is 0 Å². The van der Waals surface area contributed by atoms with E-state index < -0.39 is 0 Å². The summed E-state index contributed by atoms with van der Waals surface area (Å²) in [4.78, 5) is 4.02. The lowest BCUT2D eigenvalue weighted by atomic mass is 10.1. The highest BCUT2D eigenvalue weighted by molar-refractivity contribution is 5.48. The van der Waals surface area contributed by atoms with Crippen molar-refractivity contribution in [3.63, 3.8) is 0 Å². The lowest BCUT2D eigenvalue weighted by molar-refractivity contribution is 0.111. The number of hydrogen-bond acceptors (Lipinski definition) is 3. The van der Waals surface area contributed by atoms with Gasteiger partial charge in [-0.1, -0.05) is 0 Å². The maximum atomic E-state index is 5.70. The normalized spacial score (nSPS) is 16.0. The monoisotopic (exact) mass is 150 g/mol. The average molecular weight is 150 g/mol. The third-order valence-corrected chi connectivity index (χ3v) is 1.94. The minimum Gasteiger partial charge on any atom is -0.397 e. The number of nitrogens with two attached hydrogens (primary N) is 1. The van der Waals surface area contributed by atoms with Crippen molar-refractivity contribution in [3.8, 4) is 0 Å². The summed E-state index contributed by atoms with van der Waals surface area (Å²) in [6.07, 6.45) is 4.48. The molecule has 2 rings (SSSR count). The first kappa shape index (κ1) is 6.61. The Kier molecular flexibility index (Phi) is 1.51. The second kappa shape index (κ2) is 2.51. The zero-order valence-electron chi connectivity index (χ0n) is 6.21. The predicted octanol–water partition coefficient (Wildman–Crippen LogP) is 0.737. The zero-order chi connectivity index (χ0) is 7.68. The molecule has 0 radical (unpaired) electrons. The second-order valence-corrected chi connectivity index (χ2v) is 2.67. The molecular formula is C8H10N2O. The van der Waals surface area contributed by atoms with E-state index in [2.05, 4.69) is 4.98 Å². The first-order valence-corrected chi connectivity index (χ1v) is 3.67. The van der Waals surface area contributed by atoms with E-state index in [0.29, 0.717) is 6.61 Å². The second-order valence-electron chi connectivity index (χ2n) is 2.67. The zero-order valence-corrected chi connectivity index (χ0v) is 6.21. The highest BCUT2D eigenvalue weighted by atomic mass is 16.5. The smallest absolute Gasteiger partial charge is 0.0740 e. The Hall–Kier alpha value is -1.09. The molecule has 0 unspecified atom stereocenters. The number of anilines is 1. The van der Waals surface area contributed by atoms with E-state index in [1.54, 1.807) is 6.20 Å². The van der Waals surface area contributed by atoms with Crippen molar-refractivity contribution in [2.75, 3.05) is 12.3 Å². The van der Waals surface area contributed by atoms with Crippen molar-refractivity contribution in [3.05, 3.63) is 23.5 Å². The number of hydrogen-bond donors (Lipinski definition) is 1. The summed E-state index contributed by atoms with van der Waals surface area (Å²) < 4.78 is 5.27. The molecule has 1 aliphatic rings. The molecule has 0 aliphatic carbocycles. The Labute approximate surface area is 65.2 Å². The first-order chi connectivity index (χ1) is 5.38. The molecule has 0 saturated heterocycles. The molecule has 1 aromatic heterocycles. The van der Waals surface area contributed by atoms with Gasteiger partial charge in [0, 0.05) is 11.8 Å². The number of nitrogen functional groups attached to an aromatic ring is 1. The number of nitrogens with zero attached hydrogens (tertiary/aromatic N) is 1. The quantitative estimate of drug-likeness (QED) is 0.593. The van der Waals surface area contributed by atoms with E-state index in [-0.39, 0.29) is 0 Å². The van der Waals surface area contributed by atoms with Crippen LogP contribution in [0.25, 0.3) is 0 Å². The van der Waals surface area contributed by atoms with Crippen LogP contribution in [0, 0.1) is 0 Å². The summed E-state index contributed by atoms with van der Waals surface area (Å²) in [5, 5.41) is 0. The van der Waals surface area contributed by atoms with Crippen LogP contribution >= 0.6 is 0 Å². The van der Waals surface area contributed by atoms with Gasteiger partial charge in [-0.3, -0.25) is 4.98 Å². The van der Waals surface area contributed by atoms with Crippen LogP contribution in [0.5, 0.6) is 0 Å². The van der Waals surface area contributed by atoms with E-state index in [1.807, 2.05) is 6.20 Å². The summed E-state index contributed by atoms with van der Waals surface area (Å²) in [6, 6.07) is 0. The Bertz CT molecular complexity index is 273. The van der Waals surface area contributed by atoms with Crippen molar-refractivity contribution in [2.24, 2.45) is 0 Å². The number of pyridine rings is 1. The maximum absolute atomic E-state index is 5.70. The molecule has 11 heavy (non-hydrogen) atoms. The van der Waals surface area contributed by atoms with Crippen LogP contribution in [-0.4, -0.2) is 11.6 Å². The first-order valence-electron chi connectivity index (χ1n) is 3.67. The van der Waals surface area contributed by atoms with Crippen LogP contribution in [0.3, 0.4) is 0 Å². The molecule has 2 heterocycles. The fourth-order valence-electron chi connectivity index (χ4n) is 1.30. The summed E-state index contributed by atoms with van der Waals surface area (Å²) >= 11 is 0. The summed E-state index contributed by atoms with van der Waals surface area (Å²) in [6.45, 7) is 1.43. The molecule has 0 fully saturated rings. The van der Waals surface area contributed by atoms with Gasteiger partial charge in [0.15, 0.2) is 0 Å². The highest BCUT2D eigenvalue weighted by Crippen LogP contribution is 2.20. The number of aromatic nitrogens is 1. The minimum atomic E-state index is 0.643. The third kappa shape index (κ3) is 1.07. The van der Waals surface area contributed by atoms with Gasteiger partial charge in [-0.25, -0.2) is 0 Å².